The van der Waals surface area contributed by atoms with Gasteiger partial charge in [0.15, 0.2) is 0 Å². The Balaban J connectivity index is 2.67. The van der Waals surface area contributed by atoms with Crippen LogP contribution in [0.4, 0.5) is 0 Å². The number of halogens is 1. The molecular formula is C5H8BrO4P. The van der Waals surface area contributed by atoms with Crippen molar-refractivity contribution in [3.63, 3.8) is 0 Å². The molecule has 0 aromatic carbocycles. The van der Waals surface area contributed by atoms with Crippen LogP contribution < -0.4 is 0 Å². The molecule has 1 N–H and O–H groups in total. The van der Waals surface area contributed by atoms with Crippen LogP contribution in [0.2, 0.25) is 0 Å². The lowest BCUT2D eigenvalue weighted by Gasteiger charge is -2.22. The summed E-state index contributed by atoms with van der Waals surface area (Å²) in [6.07, 6.45) is 2.36. The van der Waals surface area contributed by atoms with Gasteiger partial charge in [-0.2, -0.15) is 0 Å². The van der Waals surface area contributed by atoms with Gasteiger partial charge in [0.2, 0.25) is 0 Å². The SMILES string of the molecule is CC(Br)C1C=COP(=O)(O)O1. The van der Waals surface area contributed by atoms with Crippen LogP contribution in [0.15, 0.2) is 12.3 Å². The second kappa shape index (κ2) is 3.27. The molecule has 6 heteroatoms. The standard InChI is InChI=1S/C5H8BrO4P/c1-4(6)5-2-3-9-11(7,8)10-5/h2-5H,1H3,(H,7,8). The van der Waals surface area contributed by atoms with E-state index in [0.29, 0.717) is 0 Å². The molecule has 0 aliphatic carbocycles. The molecule has 0 saturated carbocycles. The van der Waals surface area contributed by atoms with Gasteiger partial charge in [-0.3, -0.25) is 9.42 Å². The van der Waals surface area contributed by atoms with Crippen molar-refractivity contribution in [2.75, 3.05) is 0 Å². The summed E-state index contributed by atoms with van der Waals surface area (Å²) in [5.41, 5.74) is 0. The first-order valence-corrected chi connectivity index (χ1v) is 5.43. The lowest BCUT2D eigenvalue weighted by Crippen LogP contribution is -2.20. The van der Waals surface area contributed by atoms with Gasteiger partial charge in [-0.25, -0.2) is 4.57 Å². The van der Waals surface area contributed by atoms with Crippen LogP contribution in [0.25, 0.3) is 0 Å². The lowest BCUT2D eigenvalue weighted by atomic mass is 10.3. The Bertz CT molecular complexity index is 215. The molecule has 0 amide bonds. The van der Waals surface area contributed by atoms with Crippen molar-refractivity contribution < 1.29 is 18.5 Å². The summed E-state index contributed by atoms with van der Waals surface area (Å²) in [4.78, 5) is 8.82. The quantitative estimate of drug-likeness (QED) is 0.563. The highest BCUT2D eigenvalue weighted by Crippen LogP contribution is 2.48. The maximum atomic E-state index is 10.8. The average molecular weight is 243 g/mol. The summed E-state index contributed by atoms with van der Waals surface area (Å²) in [7, 11) is -3.81. The topological polar surface area (TPSA) is 55.8 Å². The van der Waals surface area contributed by atoms with Gasteiger partial charge in [0.05, 0.1) is 6.26 Å². The summed E-state index contributed by atoms with van der Waals surface area (Å²) < 4.78 is 19.8. The van der Waals surface area contributed by atoms with E-state index < -0.39 is 13.9 Å². The fourth-order valence-corrected chi connectivity index (χ4v) is 1.93. The van der Waals surface area contributed by atoms with Gasteiger partial charge in [0.25, 0.3) is 0 Å². The van der Waals surface area contributed by atoms with Gasteiger partial charge in [0, 0.05) is 4.83 Å². The fraction of sp³-hybridized carbons (Fsp3) is 0.600. The first-order chi connectivity index (χ1) is 5.01. The molecule has 0 aromatic rings. The van der Waals surface area contributed by atoms with Gasteiger partial charge in [-0.05, 0) is 13.0 Å². The van der Waals surface area contributed by atoms with Crippen molar-refractivity contribution in [3.05, 3.63) is 12.3 Å². The van der Waals surface area contributed by atoms with Crippen LogP contribution >= 0.6 is 23.8 Å². The smallest absolute Gasteiger partial charge is 0.412 e. The largest absolute Gasteiger partial charge is 0.527 e. The summed E-state index contributed by atoms with van der Waals surface area (Å²) in [6, 6.07) is 0. The maximum absolute atomic E-state index is 10.8. The highest BCUT2D eigenvalue weighted by molar-refractivity contribution is 9.09. The van der Waals surface area contributed by atoms with E-state index in [4.69, 9.17) is 9.42 Å². The third-order valence-electron chi connectivity index (χ3n) is 1.17. The predicted octanol–water partition coefficient (Wildman–Crippen LogP) is 1.80. The number of rotatable bonds is 1. The Labute approximate surface area is 72.9 Å². The summed E-state index contributed by atoms with van der Waals surface area (Å²) >= 11 is 3.22. The van der Waals surface area contributed by atoms with E-state index in [2.05, 4.69) is 20.5 Å². The molecule has 3 atom stereocenters. The van der Waals surface area contributed by atoms with E-state index in [-0.39, 0.29) is 4.83 Å². The van der Waals surface area contributed by atoms with E-state index in [0.717, 1.165) is 0 Å². The van der Waals surface area contributed by atoms with Crippen LogP contribution in [0.1, 0.15) is 6.92 Å². The molecule has 3 unspecified atom stereocenters. The number of alkyl halides is 1. The van der Waals surface area contributed by atoms with Crippen molar-refractivity contribution in [1.82, 2.24) is 0 Å². The molecule has 0 saturated heterocycles. The Hall–Kier alpha value is 0.170. The Morgan fingerprint density at radius 3 is 2.82 bits per heavy atom. The Morgan fingerprint density at radius 1 is 1.82 bits per heavy atom. The van der Waals surface area contributed by atoms with E-state index in [9.17, 15) is 4.57 Å². The predicted molar refractivity (Wildman–Crippen MR) is 43.3 cm³/mol. The molecule has 1 heterocycles. The van der Waals surface area contributed by atoms with Crippen LogP contribution in [0.3, 0.4) is 0 Å². The zero-order valence-electron chi connectivity index (χ0n) is 5.81. The van der Waals surface area contributed by atoms with Crippen molar-refractivity contribution >= 4 is 23.8 Å². The highest BCUT2D eigenvalue weighted by Gasteiger charge is 2.31. The minimum absolute atomic E-state index is 0.0110. The molecule has 64 valence electrons. The molecule has 0 fully saturated rings. The van der Waals surface area contributed by atoms with Crippen molar-refractivity contribution in [2.45, 2.75) is 17.9 Å². The molecule has 0 spiro atoms. The maximum Gasteiger partial charge on any atom is 0.527 e. The average Bonchev–Trinajstić information content (AvgIpc) is 1.85. The minimum Gasteiger partial charge on any atom is -0.412 e. The molecule has 0 bridgehead atoms. The van der Waals surface area contributed by atoms with E-state index >= 15 is 0 Å². The summed E-state index contributed by atoms with van der Waals surface area (Å²) in [5.74, 6) is 0. The highest BCUT2D eigenvalue weighted by atomic mass is 79.9. The number of phosphoric ester groups is 1. The molecule has 0 radical (unpaired) electrons. The van der Waals surface area contributed by atoms with E-state index in [1.807, 2.05) is 6.92 Å². The van der Waals surface area contributed by atoms with E-state index in [1.165, 1.54) is 6.26 Å². The van der Waals surface area contributed by atoms with Crippen LogP contribution in [-0.4, -0.2) is 15.8 Å². The van der Waals surface area contributed by atoms with Gasteiger partial charge in [-0.1, -0.05) is 15.9 Å². The molecule has 1 aliphatic rings. The fourth-order valence-electron chi connectivity index (χ4n) is 0.640. The van der Waals surface area contributed by atoms with Crippen molar-refractivity contribution in [3.8, 4) is 0 Å². The van der Waals surface area contributed by atoms with Crippen molar-refractivity contribution in [1.29, 1.82) is 0 Å². The molecule has 1 rings (SSSR count). The zero-order valence-corrected chi connectivity index (χ0v) is 8.29. The second-order valence-corrected chi connectivity index (χ2v) is 4.95. The number of hydrogen-bond donors (Lipinski definition) is 1. The molecule has 1 aliphatic heterocycles. The van der Waals surface area contributed by atoms with E-state index in [1.54, 1.807) is 6.08 Å². The van der Waals surface area contributed by atoms with Gasteiger partial charge in [0.1, 0.15) is 6.10 Å². The van der Waals surface area contributed by atoms with Crippen LogP contribution in [-0.2, 0) is 13.6 Å². The lowest BCUT2D eigenvalue weighted by molar-refractivity contribution is 0.138. The minimum atomic E-state index is -3.81. The Kier molecular flexibility index (Phi) is 2.75. The van der Waals surface area contributed by atoms with Crippen LogP contribution in [0, 0.1) is 0 Å². The zero-order chi connectivity index (χ0) is 8.48. The molecule has 11 heavy (non-hydrogen) atoms. The molecular weight excluding hydrogens is 235 g/mol. The van der Waals surface area contributed by atoms with Gasteiger partial charge < -0.3 is 4.52 Å². The third-order valence-corrected chi connectivity index (χ3v) is 2.59. The first kappa shape index (κ1) is 9.26. The summed E-state index contributed by atoms with van der Waals surface area (Å²) in [6.45, 7) is 1.82. The summed E-state index contributed by atoms with van der Waals surface area (Å²) in [5, 5.41) is 0. The second-order valence-electron chi connectivity index (χ2n) is 2.15. The van der Waals surface area contributed by atoms with Crippen molar-refractivity contribution in [2.24, 2.45) is 0 Å². The third kappa shape index (κ3) is 2.60. The first-order valence-electron chi connectivity index (χ1n) is 3.01. The number of phosphoric acid groups is 1. The number of hydrogen-bond acceptors (Lipinski definition) is 3. The monoisotopic (exact) mass is 242 g/mol. The normalized spacial score (nSPS) is 39.7. The van der Waals surface area contributed by atoms with Gasteiger partial charge in [-0.15, -0.1) is 0 Å². The van der Waals surface area contributed by atoms with Gasteiger partial charge >= 0.3 is 7.82 Å². The van der Waals surface area contributed by atoms with Crippen LogP contribution in [0.5, 0.6) is 0 Å². The molecule has 4 nitrogen and oxygen atoms in total. The molecule has 0 aromatic heterocycles. The Morgan fingerprint density at radius 2 is 2.45 bits per heavy atom.